The Hall–Kier alpha value is -1.95. The van der Waals surface area contributed by atoms with Crippen LogP contribution in [0.15, 0.2) is 24.3 Å². The summed E-state index contributed by atoms with van der Waals surface area (Å²) in [6.07, 6.45) is 0. The number of hydrogen-bond donors (Lipinski definition) is 2. The van der Waals surface area contributed by atoms with Crippen molar-refractivity contribution in [3.05, 3.63) is 30.1 Å². The SMILES string of the molecule is O=C(O)COCC(=O)Nc1ccccc1F. The highest BCUT2D eigenvalue weighted by molar-refractivity contribution is 5.91. The van der Waals surface area contributed by atoms with E-state index in [1.54, 1.807) is 6.07 Å². The normalized spacial score (nSPS) is 9.81. The molecule has 86 valence electrons. The van der Waals surface area contributed by atoms with Gasteiger partial charge in [-0.25, -0.2) is 9.18 Å². The number of carbonyl (C=O) groups is 2. The molecule has 0 saturated carbocycles. The van der Waals surface area contributed by atoms with Crippen molar-refractivity contribution in [3.8, 4) is 0 Å². The van der Waals surface area contributed by atoms with Crippen LogP contribution >= 0.6 is 0 Å². The second-order valence-electron chi connectivity index (χ2n) is 2.91. The van der Waals surface area contributed by atoms with Gasteiger partial charge in [0.2, 0.25) is 5.91 Å². The summed E-state index contributed by atoms with van der Waals surface area (Å²) in [7, 11) is 0. The summed E-state index contributed by atoms with van der Waals surface area (Å²) in [4.78, 5) is 21.2. The number of aliphatic carboxylic acids is 1. The number of carbonyl (C=O) groups excluding carboxylic acids is 1. The Morgan fingerprint density at radius 1 is 1.31 bits per heavy atom. The Kier molecular flexibility index (Phi) is 4.41. The minimum atomic E-state index is -1.17. The van der Waals surface area contributed by atoms with E-state index in [-0.39, 0.29) is 5.69 Å². The van der Waals surface area contributed by atoms with E-state index in [1.165, 1.54) is 18.2 Å². The first-order valence-corrected chi connectivity index (χ1v) is 4.43. The van der Waals surface area contributed by atoms with Crippen LogP contribution in [0.4, 0.5) is 10.1 Å². The maximum absolute atomic E-state index is 13.1. The fourth-order valence-corrected chi connectivity index (χ4v) is 0.980. The largest absolute Gasteiger partial charge is 0.480 e. The lowest BCUT2D eigenvalue weighted by atomic mass is 10.3. The summed E-state index contributed by atoms with van der Waals surface area (Å²) in [6.45, 7) is -0.995. The van der Waals surface area contributed by atoms with Crippen LogP contribution in [-0.2, 0) is 14.3 Å². The molecule has 6 heteroatoms. The number of ether oxygens (including phenoxy) is 1. The first-order valence-electron chi connectivity index (χ1n) is 4.43. The molecule has 0 aliphatic rings. The number of anilines is 1. The van der Waals surface area contributed by atoms with Crippen LogP contribution in [0.1, 0.15) is 0 Å². The molecule has 0 fully saturated rings. The van der Waals surface area contributed by atoms with Gasteiger partial charge in [0.05, 0.1) is 5.69 Å². The molecule has 1 aromatic carbocycles. The maximum Gasteiger partial charge on any atom is 0.329 e. The van der Waals surface area contributed by atoms with Crippen LogP contribution in [-0.4, -0.2) is 30.2 Å². The van der Waals surface area contributed by atoms with Gasteiger partial charge in [0.15, 0.2) is 0 Å². The van der Waals surface area contributed by atoms with Crippen LogP contribution < -0.4 is 5.32 Å². The fraction of sp³-hybridized carbons (Fsp3) is 0.200. The van der Waals surface area contributed by atoms with Gasteiger partial charge >= 0.3 is 5.97 Å². The van der Waals surface area contributed by atoms with Crippen LogP contribution in [0.2, 0.25) is 0 Å². The molecular weight excluding hydrogens is 217 g/mol. The highest BCUT2D eigenvalue weighted by Crippen LogP contribution is 2.11. The molecule has 0 aromatic heterocycles. The molecule has 0 spiro atoms. The van der Waals surface area contributed by atoms with Gasteiger partial charge in [-0.3, -0.25) is 4.79 Å². The minimum absolute atomic E-state index is 0.0337. The third kappa shape index (κ3) is 4.05. The summed E-state index contributed by atoms with van der Waals surface area (Å²) in [5, 5.41) is 10.5. The van der Waals surface area contributed by atoms with Crippen molar-refractivity contribution in [2.24, 2.45) is 0 Å². The van der Waals surface area contributed by atoms with Gasteiger partial charge in [-0.1, -0.05) is 12.1 Å². The number of carboxylic acid groups (broad SMARTS) is 1. The first kappa shape index (κ1) is 12.1. The summed E-state index contributed by atoms with van der Waals surface area (Å²) in [5.41, 5.74) is 0.0337. The quantitative estimate of drug-likeness (QED) is 0.782. The van der Waals surface area contributed by atoms with Gasteiger partial charge in [-0.2, -0.15) is 0 Å². The van der Waals surface area contributed by atoms with E-state index in [2.05, 4.69) is 10.1 Å². The fourth-order valence-electron chi connectivity index (χ4n) is 0.980. The monoisotopic (exact) mass is 227 g/mol. The summed E-state index contributed by atoms with van der Waals surface area (Å²) < 4.78 is 17.6. The first-order chi connectivity index (χ1) is 7.59. The van der Waals surface area contributed by atoms with Gasteiger partial charge in [-0.05, 0) is 12.1 Å². The third-order valence-corrected chi connectivity index (χ3v) is 1.61. The van der Waals surface area contributed by atoms with E-state index in [1.807, 2.05) is 0 Å². The summed E-state index contributed by atoms with van der Waals surface area (Å²) in [6, 6.07) is 5.65. The van der Waals surface area contributed by atoms with Gasteiger partial charge in [0, 0.05) is 0 Å². The average molecular weight is 227 g/mol. The number of nitrogens with one attached hydrogen (secondary N) is 1. The van der Waals surface area contributed by atoms with Gasteiger partial charge in [0.1, 0.15) is 19.0 Å². The minimum Gasteiger partial charge on any atom is -0.480 e. The second kappa shape index (κ2) is 5.82. The van der Waals surface area contributed by atoms with E-state index in [9.17, 15) is 14.0 Å². The Balaban J connectivity index is 2.40. The Bertz CT molecular complexity index is 394. The number of benzene rings is 1. The topological polar surface area (TPSA) is 75.6 Å². The molecular formula is C10H10FNO4. The summed E-state index contributed by atoms with van der Waals surface area (Å²) >= 11 is 0. The van der Waals surface area contributed by atoms with Crippen molar-refractivity contribution in [3.63, 3.8) is 0 Å². The second-order valence-corrected chi connectivity index (χ2v) is 2.91. The van der Waals surface area contributed by atoms with Gasteiger partial charge in [-0.15, -0.1) is 0 Å². The van der Waals surface area contributed by atoms with Crippen molar-refractivity contribution >= 4 is 17.6 Å². The maximum atomic E-state index is 13.1. The van der Waals surface area contributed by atoms with Crippen LogP contribution in [0, 0.1) is 5.82 Å². The lowest BCUT2D eigenvalue weighted by molar-refractivity contribution is -0.143. The molecule has 0 aliphatic heterocycles. The zero-order valence-electron chi connectivity index (χ0n) is 8.27. The molecule has 0 unspecified atom stereocenters. The molecule has 0 atom stereocenters. The van der Waals surface area contributed by atoms with E-state index in [0.29, 0.717) is 0 Å². The van der Waals surface area contributed by atoms with Crippen LogP contribution in [0.25, 0.3) is 0 Å². The standard InChI is InChI=1S/C10H10FNO4/c11-7-3-1-2-4-8(7)12-9(13)5-16-6-10(14)15/h1-4H,5-6H2,(H,12,13)(H,14,15). The average Bonchev–Trinajstić information content (AvgIpc) is 2.21. The van der Waals surface area contributed by atoms with Crippen molar-refractivity contribution in [1.29, 1.82) is 0 Å². The van der Waals surface area contributed by atoms with Gasteiger partial charge in [0.25, 0.3) is 0 Å². The molecule has 0 radical (unpaired) electrons. The Morgan fingerprint density at radius 3 is 2.62 bits per heavy atom. The molecule has 0 heterocycles. The zero-order chi connectivity index (χ0) is 12.0. The van der Waals surface area contributed by atoms with Crippen LogP contribution in [0.3, 0.4) is 0 Å². The van der Waals surface area contributed by atoms with E-state index in [4.69, 9.17) is 5.11 Å². The lowest BCUT2D eigenvalue weighted by Gasteiger charge is -2.05. The number of amides is 1. The predicted octanol–water partition coefficient (Wildman–Crippen LogP) is 0.865. The van der Waals surface area contributed by atoms with Crippen LogP contribution in [0.5, 0.6) is 0 Å². The molecule has 0 bridgehead atoms. The highest BCUT2D eigenvalue weighted by Gasteiger charge is 2.07. The van der Waals surface area contributed by atoms with Crippen molar-refractivity contribution in [2.45, 2.75) is 0 Å². The number of hydrogen-bond acceptors (Lipinski definition) is 3. The molecule has 1 rings (SSSR count). The predicted molar refractivity (Wildman–Crippen MR) is 53.5 cm³/mol. The molecule has 5 nitrogen and oxygen atoms in total. The number of para-hydroxylation sites is 1. The number of carboxylic acids is 1. The van der Waals surface area contributed by atoms with E-state index >= 15 is 0 Å². The van der Waals surface area contributed by atoms with Crippen molar-refractivity contribution in [2.75, 3.05) is 18.5 Å². The number of rotatable bonds is 5. The van der Waals surface area contributed by atoms with Crippen molar-refractivity contribution < 1.29 is 23.8 Å². The molecule has 16 heavy (non-hydrogen) atoms. The molecule has 1 amide bonds. The van der Waals surface area contributed by atoms with E-state index in [0.717, 1.165) is 0 Å². The molecule has 2 N–H and O–H groups in total. The zero-order valence-corrected chi connectivity index (χ0v) is 8.27. The van der Waals surface area contributed by atoms with E-state index < -0.39 is 30.9 Å². The molecule has 1 aromatic rings. The molecule has 0 aliphatic carbocycles. The lowest BCUT2D eigenvalue weighted by Crippen LogP contribution is -2.21. The Morgan fingerprint density at radius 2 is 2.00 bits per heavy atom. The summed E-state index contributed by atoms with van der Waals surface area (Å²) in [5.74, 6) is -2.33. The van der Waals surface area contributed by atoms with Crippen molar-refractivity contribution in [1.82, 2.24) is 0 Å². The smallest absolute Gasteiger partial charge is 0.329 e. The molecule has 0 saturated heterocycles. The Labute approximate surface area is 90.8 Å². The number of halogens is 1. The third-order valence-electron chi connectivity index (χ3n) is 1.61. The van der Waals surface area contributed by atoms with Gasteiger partial charge < -0.3 is 15.2 Å². The highest BCUT2D eigenvalue weighted by atomic mass is 19.1.